The number of likely N-dealkylation sites (tertiary alicyclic amines) is 1. The first-order chi connectivity index (χ1) is 17.5. The smallest absolute Gasteiger partial charge is 0.381 e. The minimum atomic E-state index is -4.90. The SMILES string of the molecule is Fc1ccc(C(F)(F)F)c(-c2cc(C(F)(F)F)c(N[C@@H]3C[C@@H]4CN(CC5CCOCC5)C[C@@H]4C3)nn2)c1. The Hall–Kier alpha value is -2.47. The molecule has 1 aromatic carbocycles. The molecule has 1 aromatic heterocycles. The Morgan fingerprint density at radius 2 is 1.54 bits per heavy atom. The van der Waals surface area contributed by atoms with Gasteiger partial charge in [-0.1, -0.05) is 0 Å². The minimum absolute atomic E-state index is 0.249. The van der Waals surface area contributed by atoms with E-state index in [-0.39, 0.29) is 6.04 Å². The quantitative estimate of drug-likeness (QED) is 0.489. The molecule has 3 atom stereocenters. The van der Waals surface area contributed by atoms with Crippen molar-refractivity contribution in [2.24, 2.45) is 17.8 Å². The highest BCUT2D eigenvalue weighted by molar-refractivity contribution is 5.67. The lowest BCUT2D eigenvalue weighted by Gasteiger charge is -2.28. The molecule has 3 fully saturated rings. The predicted octanol–water partition coefficient (Wildman–Crippen LogP) is 5.87. The summed E-state index contributed by atoms with van der Waals surface area (Å²) < 4.78 is 101. The largest absolute Gasteiger partial charge is 0.420 e. The van der Waals surface area contributed by atoms with Crippen LogP contribution in [0.4, 0.5) is 36.6 Å². The van der Waals surface area contributed by atoms with Crippen LogP contribution < -0.4 is 5.32 Å². The second-order valence-corrected chi connectivity index (χ2v) is 10.3. The van der Waals surface area contributed by atoms with Crippen LogP contribution in [0, 0.1) is 23.6 Å². The van der Waals surface area contributed by atoms with E-state index in [0.717, 1.165) is 45.7 Å². The van der Waals surface area contributed by atoms with Gasteiger partial charge in [-0.2, -0.15) is 26.3 Å². The highest BCUT2D eigenvalue weighted by Crippen LogP contribution is 2.43. The molecule has 2 aromatic rings. The highest BCUT2D eigenvalue weighted by atomic mass is 19.4. The number of nitrogens with zero attached hydrogens (tertiary/aromatic N) is 3. The topological polar surface area (TPSA) is 50.3 Å². The van der Waals surface area contributed by atoms with Crippen molar-refractivity contribution in [2.45, 2.75) is 44.1 Å². The van der Waals surface area contributed by atoms with Crippen LogP contribution in [-0.2, 0) is 17.1 Å². The number of fused-ring (bicyclic) bond motifs is 1. The molecule has 5 nitrogen and oxygen atoms in total. The van der Waals surface area contributed by atoms with E-state index < -0.39 is 46.4 Å². The molecule has 1 saturated carbocycles. The summed E-state index contributed by atoms with van der Waals surface area (Å²) in [6.45, 7) is 4.39. The summed E-state index contributed by atoms with van der Waals surface area (Å²) in [5, 5.41) is 10.1. The van der Waals surface area contributed by atoms with E-state index in [9.17, 15) is 30.7 Å². The van der Waals surface area contributed by atoms with E-state index in [1.165, 1.54) is 0 Å². The third kappa shape index (κ3) is 5.84. The number of halogens is 7. The summed E-state index contributed by atoms with van der Waals surface area (Å²) in [5.41, 5.74) is -4.01. The molecule has 0 unspecified atom stereocenters. The first-order valence-corrected chi connectivity index (χ1v) is 12.4. The zero-order chi connectivity index (χ0) is 26.4. The van der Waals surface area contributed by atoms with Crippen LogP contribution in [-0.4, -0.2) is 54.0 Å². The third-order valence-corrected chi connectivity index (χ3v) is 7.69. The minimum Gasteiger partial charge on any atom is -0.381 e. The molecule has 5 rings (SSSR count). The monoisotopic (exact) mass is 532 g/mol. The first kappa shape index (κ1) is 26.1. The van der Waals surface area contributed by atoms with E-state index in [1.54, 1.807) is 0 Å². The fourth-order valence-electron chi connectivity index (χ4n) is 5.97. The Bertz CT molecular complexity index is 1100. The predicted molar refractivity (Wildman–Crippen MR) is 121 cm³/mol. The van der Waals surface area contributed by atoms with E-state index in [0.29, 0.717) is 54.9 Å². The molecule has 1 N–H and O–H groups in total. The summed E-state index contributed by atoms with van der Waals surface area (Å²) in [4.78, 5) is 2.44. The lowest BCUT2D eigenvalue weighted by molar-refractivity contribution is -0.137. The normalized spacial score (nSPS) is 25.4. The van der Waals surface area contributed by atoms with Gasteiger partial charge in [-0.3, -0.25) is 0 Å². The highest BCUT2D eigenvalue weighted by Gasteiger charge is 2.43. The molecule has 0 bridgehead atoms. The van der Waals surface area contributed by atoms with E-state index in [4.69, 9.17) is 4.74 Å². The maximum Gasteiger partial charge on any atom is 0.420 e. The molecule has 37 heavy (non-hydrogen) atoms. The maximum absolute atomic E-state index is 13.9. The van der Waals surface area contributed by atoms with Crippen molar-refractivity contribution in [1.29, 1.82) is 0 Å². The van der Waals surface area contributed by atoms with E-state index in [2.05, 4.69) is 20.4 Å². The number of aromatic nitrogens is 2. The Labute approximate surface area is 209 Å². The van der Waals surface area contributed by atoms with Crippen LogP contribution >= 0.6 is 0 Å². The van der Waals surface area contributed by atoms with Gasteiger partial charge in [-0.05, 0) is 67.7 Å². The van der Waals surface area contributed by atoms with Gasteiger partial charge in [-0.25, -0.2) is 4.39 Å². The van der Waals surface area contributed by atoms with Crippen LogP contribution in [0.15, 0.2) is 24.3 Å². The lowest BCUT2D eigenvalue weighted by Crippen LogP contribution is -2.32. The number of hydrogen-bond acceptors (Lipinski definition) is 5. The number of benzene rings is 1. The maximum atomic E-state index is 13.9. The van der Waals surface area contributed by atoms with Crippen molar-refractivity contribution in [2.75, 3.05) is 38.2 Å². The first-order valence-electron chi connectivity index (χ1n) is 12.4. The fourth-order valence-corrected chi connectivity index (χ4v) is 5.97. The number of anilines is 1. The number of rotatable bonds is 5. The molecule has 202 valence electrons. The Morgan fingerprint density at radius 3 is 2.16 bits per heavy atom. The van der Waals surface area contributed by atoms with Crippen molar-refractivity contribution in [3.63, 3.8) is 0 Å². The van der Waals surface area contributed by atoms with Gasteiger partial charge < -0.3 is 15.0 Å². The molecule has 0 radical (unpaired) electrons. The Morgan fingerprint density at radius 1 is 0.892 bits per heavy atom. The summed E-state index contributed by atoms with van der Waals surface area (Å²) >= 11 is 0. The van der Waals surface area contributed by atoms with Crippen LogP contribution in [0.5, 0.6) is 0 Å². The number of nitrogens with one attached hydrogen (secondary N) is 1. The molecule has 3 aliphatic rings. The molecule has 0 amide bonds. The van der Waals surface area contributed by atoms with Gasteiger partial charge in [0.1, 0.15) is 11.4 Å². The average molecular weight is 533 g/mol. The van der Waals surface area contributed by atoms with Crippen LogP contribution in [0.25, 0.3) is 11.3 Å². The summed E-state index contributed by atoms with van der Waals surface area (Å²) in [5.74, 6) is -0.212. The van der Waals surface area contributed by atoms with Gasteiger partial charge in [0.25, 0.3) is 0 Å². The Balaban J connectivity index is 1.31. The van der Waals surface area contributed by atoms with Crippen molar-refractivity contribution in [3.05, 3.63) is 41.2 Å². The van der Waals surface area contributed by atoms with Crippen molar-refractivity contribution >= 4 is 5.82 Å². The number of ether oxygens (including phenoxy) is 1. The lowest BCUT2D eigenvalue weighted by atomic mass is 10.00. The molecule has 1 aliphatic carbocycles. The van der Waals surface area contributed by atoms with E-state index in [1.807, 2.05) is 0 Å². The van der Waals surface area contributed by atoms with Crippen LogP contribution in [0.3, 0.4) is 0 Å². The molecule has 2 aliphatic heterocycles. The molecule has 12 heteroatoms. The van der Waals surface area contributed by atoms with Gasteiger partial charge in [0.2, 0.25) is 0 Å². The van der Waals surface area contributed by atoms with Crippen LogP contribution in [0.1, 0.15) is 36.8 Å². The number of hydrogen-bond donors (Lipinski definition) is 1. The Kier molecular flexibility index (Phi) is 7.08. The van der Waals surface area contributed by atoms with Crippen LogP contribution in [0.2, 0.25) is 0 Å². The van der Waals surface area contributed by atoms with Gasteiger partial charge >= 0.3 is 12.4 Å². The molecular formula is C25H27F7N4O. The molecular weight excluding hydrogens is 505 g/mol. The fraction of sp³-hybridized carbons (Fsp3) is 0.600. The van der Waals surface area contributed by atoms with E-state index >= 15 is 0 Å². The second kappa shape index (κ2) is 10.0. The van der Waals surface area contributed by atoms with Gasteiger partial charge in [0.15, 0.2) is 5.82 Å². The molecule has 0 spiro atoms. The second-order valence-electron chi connectivity index (χ2n) is 10.3. The van der Waals surface area contributed by atoms with Gasteiger partial charge in [-0.15, -0.1) is 10.2 Å². The zero-order valence-corrected chi connectivity index (χ0v) is 19.9. The van der Waals surface area contributed by atoms with Crippen molar-refractivity contribution in [1.82, 2.24) is 15.1 Å². The molecule has 2 saturated heterocycles. The summed E-state index contributed by atoms with van der Waals surface area (Å²) in [6.07, 6.45) is -6.35. The summed E-state index contributed by atoms with van der Waals surface area (Å²) in [6, 6.07) is 1.85. The van der Waals surface area contributed by atoms with Crippen molar-refractivity contribution < 1.29 is 35.5 Å². The number of alkyl halides is 6. The average Bonchev–Trinajstić information content (AvgIpc) is 3.36. The van der Waals surface area contributed by atoms with Gasteiger partial charge in [0, 0.05) is 44.5 Å². The summed E-state index contributed by atoms with van der Waals surface area (Å²) in [7, 11) is 0. The standard InChI is InChI=1S/C25H27F7N4O/c26-17-1-2-20(24(27,28)29)19(9-17)22-10-21(25(30,31)32)23(35-34-22)33-18-7-15-12-36(13-16(15)8-18)11-14-3-5-37-6-4-14/h1-2,9-10,14-16,18H,3-8,11-13H2,(H,33,35)/t15-,16+,18-. The third-order valence-electron chi connectivity index (χ3n) is 7.69. The zero-order valence-electron chi connectivity index (χ0n) is 19.9. The van der Waals surface area contributed by atoms with Crippen molar-refractivity contribution in [3.8, 4) is 11.3 Å². The van der Waals surface area contributed by atoms with Gasteiger partial charge in [0.05, 0.1) is 11.3 Å². The molecule has 3 heterocycles.